The summed E-state index contributed by atoms with van der Waals surface area (Å²) in [5.41, 5.74) is 1.77. The average Bonchev–Trinajstić information content (AvgIpc) is 3.05. The largest absolute Gasteiger partial charge is 0.507 e. The lowest BCUT2D eigenvalue weighted by Crippen LogP contribution is -2.29. The van der Waals surface area contributed by atoms with Crippen LogP contribution in [0.3, 0.4) is 0 Å². The lowest BCUT2D eigenvalue weighted by Gasteiger charge is -2.24. The molecule has 0 radical (unpaired) electrons. The lowest BCUT2D eigenvalue weighted by molar-refractivity contribution is -0.140. The topological polar surface area (TPSA) is 92.6 Å². The van der Waals surface area contributed by atoms with Crippen LogP contribution in [0.1, 0.15) is 22.9 Å². The molecule has 1 aliphatic heterocycles. The van der Waals surface area contributed by atoms with Gasteiger partial charge in [0.25, 0.3) is 11.7 Å². The zero-order chi connectivity index (χ0) is 21.1. The Labute approximate surface area is 173 Å². The molecule has 150 valence electrons. The molecule has 0 saturated carbocycles. The fraction of sp³-hybridized carbons (Fsp3) is 0.130. The van der Waals surface area contributed by atoms with Crippen molar-refractivity contribution in [1.82, 2.24) is 14.9 Å². The van der Waals surface area contributed by atoms with Crippen LogP contribution in [0.2, 0.25) is 0 Å². The molecule has 1 fully saturated rings. The number of hydrogen-bond donors (Lipinski definition) is 1. The Morgan fingerprint density at radius 1 is 1.03 bits per heavy atom. The van der Waals surface area contributed by atoms with Gasteiger partial charge in [0, 0.05) is 24.2 Å². The minimum Gasteiger partial charge on any atom is -0.507 e. The molecule has 1 N–H and O–H groups in total. The first-order valence-electron chi connectivity index (χ1n) is 9.33. The normalized spacial score (nSPS) is 17.9. The Balaban J connectivity index is 1.83. The maximum atomic E-state index is 13.0. The highest BCUT2D eigenvalue weighted by Crippen LogP contribution is 2.40. The molecular weight excluding hydrogens is 382 g/mol. The highest BCUT2D eigenvalue weighted by molar-refractivity contribution is 6.46. The van der Waals surface area contributed by atoms with Crippen LogP contribution in [-0.2, 0) is 16.1 Å². The first kappa shape index (κ1) is 19.3. The highest BCUT2D eigenvalue weighted by atomic mass is 16.5. The molecule has 1 amide bonds. The maximum Gasteiger partial charge on any atom is 0.296 e. The number of methoxy groups -OCH3 is 1. The van der Waals surface area contributed by atoms with Crippen LogP contribution in [-0.4, -0.2) is 38.8 Å². The van der Waals surface area contributed by atoms with Gasteiger partial charge >= 0.3 is 0 Å². The number of carbonyl (C=O) groups is 2. The van der Waals surface area contributed by atoms with Crippen LogP contribution >= 0.6 is 0 Å². The van der Waals surface area contributed by atoms with Crippen molar-refractivity contribution in [2.75, 3.05) is 7.11 Å². The van der Waals surface area contributed by atoms with Crippen LogP contribution in [0, 0.1) is 0 Å². The quantitative estimate of drug-likeness (QED) is 0.401. The van der Waals surface area contributed by atoms with Gasteiger partial charge < -0.3 is 14.7 Å². The summed E-state index contributed by atoms with van der Waals surface area (Å²) in [6.07, 6.45) is 4.80. The van der Waals surface area contributed by atoms with Crippen molar-refractivity contribution in [2.45, 2.75) is 12.6 Å². The number of aromatic nitrogens is 2. The molecule has 1 unspecified atom stereocenters. The summed E-state index contributed by atoms with van der Waals surface area (Å²) < 4.78 is 5.15. The summed E-state index contributed by atoms with van der Waals surface area (Å²) in [5.74, 6) is -1.03. The number of ether oxygens (including phenoxy) is 1. The third kappa shape index (κ3) is 3.53. The van der Waals surface area contributed by atoms with Gasteiger partial charge in [0.05, 0.1) is 31.0 Å². The first-order chi connectivity index (χ1) is 14.6. The van der Waals surface area contributed by atoms with Gasteiger partial charge in [-0.05, 0) is 54.1 Å². The highest BCUT2D eigenvalue weighted by Gasteiger charge is 2.46. The Kier molecular flexibility index (Phi) is 5.26. The van der Waals surface area contributed by atoms with E-state index >= 15 is 0 Å². The monoisotopic (exact) mass is 401 g/mol. The minimum absolute atomic E-state index is 0.0345. The van der Waals surface area contributed by atoms with Gasteiger partial charge in [-0.25, -0.2) is 0 Å². The molecule has 30 heavy (non-hydrogen) atoms. The van der Waals surface area contributed by atoms with Crippen molar-refractivity contribution in [3.63, 3.8) is 0 Å². The SMILES string of the molecule is COc1ccc(/C(O)=C2\C(=O)C(=O)N(Cc3ccccn3)C2c2ccncc2)cc1. The summed E-state index contributed by atoms with van der Waals surface area (Å²) in [7, 11) is 1.54. The molecule has 0 aliphatic carbocycles. The molecule has 7 nitrogen and oxygen atoms in total. The fourth-order valence-electron chi connectivity index (χ4n) is 3.51. The summed E-state index contributed by atoms with van der Waals surface area (Å²) in [6, 6.07) is 14.7. The third-order valence-electron chi connectivity index (χ3n) is 4.98. The number of ketones is 1. The van der Waals surface area contributed by atoms with Crippen molar-refractivity contribution in [3.05, 3.63) is 95.6 Å². The number of benzene rings is 1. The van der Waals surface area contributed by atoms with Crippen molar-refractivity contribution in [2.24, 2.45) is 0 Å². The molecule has 3 aromatic rings. The number of pyridine rings is 2. The first-order valence-corrected chi connectivity index (χ1v) is 9.33. The molecule has 1 saturated heterocycles. The van der Waals surface area contributed by atoms with Crippen LogP contribution in [0.15, 0.2) is 78.8 Å². The maximum absolute atomic E-state index is 13.0. The van der Waals surface area contributed by atoms with E-state index in [2.05, 4.69) is 9.97 Å². The molecule has 0 bridgehead atoms. The van der Waals surface area contributed by atoms with E-state index in [0.29, 0.717) is 22.6 Å². The van der Waals surface area contributed by atoms with E-state index in [1.54, 1.807) is 74.2 Å². The van der Waals surface area contributed by atoms with Gasteiger partial charge in [0.2, 0.25) is 0 Å². The Morgan fingerprint density at radius 3 is 2.40 bits per heavy atom. The number of nitrogens with zero attached hydrogens (tertiary/aromatic N) is 3. The molecule has 1 atom stereocenters. The second kappa shape index (κ2) is 8.16. The van der Waals surface area contributed by atoms with E-state index in [-0.39, 0.29) is 17.9 Å². The number of carbonyl (C=O) groups excluding carboxylic acids is 2. The predicted molar refractivity (Wildman–Crippen MR) is 109 cm³/mol. The average molecular weight is 401 g/mol. The van der Waals surface area contributed by atoms with Gasteiger partial charge in [-0.2, -0.15) is 0 Å². The second-order valence-corrected chi connectivity index (χ2v) is 6.76. The molecule has 1 aliphatic rings. The van der Waals surface area contributed by atoms with Crippen molar-refractivity contribution in [3.8, 4) is 5.75 Å². The van der Waals surface area contributed by atoms with E-state index in [9.17, 15) is 14.7 Å². The number of aliphatic hydroxyl groups excluding tert-OH is 1. The molecule has 0 spiro atoms. The zero-order valence-corrected chi connectivity index (χ0v) is 16.2. The van der Waals surface area contributed by atoms with Crippen LogP contribution in [0.4, 0.5) is 0 Å². The molecule has 4 rings (SSSR count). The van der Waals surface area contributed by atoms with E-state index < -0.39 is 17.7 Å². The van der Waals surface area contributed by atoms with Crippen LogP contribution in [0.5, 0.6) is 5.75 Å². The Morgan fingerprint density at radius 2 is 1.77 bits per heavy atom. The minimum atomic E-state index is -0.753. The number of Topliss-reactive ketones (excluding diaryl/α,β-unsaturated/α-hetero) is 1. The summed E-state index contributed by atoms with van der Waals surface area (Å²) in [6.45, 7) is 0.137. The third-order valence-corrected chi connectivity index (χ3v) is 4.98. The number of hydrogen-bond acceptors (Lipinski definition) is 6. The van der Waals surface area contributed by atoms with E-state index in [4.69, 9.17) is 4.74 Å². The molecule has 2 aromatic heterocycles. The summed E-state index contributed by atoms with van der Waals surface area (Å²) in [4.78, 5) is 35.6. The van der Waals surface area contributed by atoms with Crippen LogP contribution in [0.25, 0.3) is 5.76 Å². The van der Waals surface area contributed by atoms with E-state index in [1.165, 1.54) is 4.90 Å². The zero-order valence-electron chi connectivity index (χ0n) is 16.2. The summed E-state index contributed by atoms with van der Waals surface area (Å²) in [5, 5.41) is 11.0. The lowest BCUT2D eigenvalue weighted by atomic mass is 9.96. The Bertz CT molecular complexity index is 1100. The van der Waals surface area contributed by atoms with Gasteiger partial charge in [-0.3, -0.25) is 19.6 Å². The Hall–Kier alpha value is -4.00. The van der Waals surface area contributed by atoms with Gasteiger partial charge in [0.1, 0.15) is 11.5 Å². The number of amides is 1. The fourth-order valence-corrected chi connectivity index (χ4v) is 3.51. The smallest absolute Gasteiger partial charge is 0.296 e. The number of likely N-dealkylation sites (tertiary alicyclic amines) is 1. The number of rotatable bonds is 5. The van der Waals surface area contributed by atoms with E-state index in [1.807, 2.05) is 6.07 Å². The molecule has 1 aromatic carbocycles. The van der Waals surface area contributed by atoms with Gasteiger partial charge in [-0.15, -0.1) is 0 Å². The molecular formula is C23H19N3O4. The van der Waals surface area contributed by atoms with E-state index in [0.717, 1.165) is 0 Å². The van der Waals surface area contributed by atoms with Crippen molar-refractivity contribution in [1.29, 1.82) is 0 Å². The predicted octanol–water partition coefficient (Wildman–Crippen LogP) is 3.11. The van der Waals surface area contributed by atoms with Crippen molar-refractivity contribution >= 4 is 17.4 Å². The second-order valence-electron chi connectivity index (χ2n) is 6.76. The van der Waals surface area contributed by atoms with Gasteiger partial charge in [0.15, 0.2) is 0 Å². The summed E-state index contributed by atoms with van der Waals surface area (Å²) >= 11 is 0. The van der Waals surface area contributed by atoms with Gasteiger partial charge in [-0.1, -0.05) is 6.07 Å². The standard InChI is InChI=1S/C23H19N3O4/c1-30-18-7-5-16(6-8-18)21(27)19-20(15-9-12-24-13-10-15)26(23(29)22(19)28)14-17-4-2-3-11-25-17/h2-13,20,27H,14H2,1H3/b21-19+. The van der Waals surface area contributed by atoms with Crippen molar-refractivity contribution < 1.29 is 19.4 Å². The van der Waals surface area contributed by atoms with Crippen LogP contribution < -0.4 is 4.74 Å². The molecule has 3 heterocycles. The molecule has 7 heteroatoms. The number of aliphatic hydroxyl groups is 1.